The van der Waals surface area contributed by atoms with Crippen molar-refractivity contribution < 1.29 is 0 Å². The van der Waals surface area contributed by atoms with Crippen LogP contribution >= 0.6 is 0 Å². The van der Waals surface area contributed by atoms with Gasteiger partial charge < -0.3 is 10.2 Å². The van der Waals surface area contributed by atoms with Gasteiger partial charge in [-0.2, -0.15) is 0 Å². The quantitative estimate of drug-likeness (QED) is 0.918. The molecule has 2 heterocycles. The maximum atomic E-state index is 4.38. The fourth-order valence-corrected chi connectivity index (χ4v) is 3.36. The molecule has 7 nitrogen and oxygen atoms in total. The zero-order valence-electron chi connectivity index (χ0n) is 13.0. The van der Waals surface area contributed by atoms with Crippen molar-refractivity contribution in [3.63, 3.8) is 0 Å². The molecule has 0 aliphatic heterocycles. The van der Waals surface area contributed by atoms with Crippen molar-refractivity contribution in [2.45, 2.75) is 38.1 Å². The zero-order chi connectivity index (χ0) is 14.9. The van der Waals surface area contributed by atoms with Crippen LogP contribution in [0.4, 0.5) is 5.82 Å². The summed E-state index contributed by atoms with van der Waals surface area (Å²) < 4.78 is 1.45. The number of tetrazole rings is 1. The second-order valence-electron chi connectivity index (χ2n) is 6.42. The first-order chi connectivity index (χ1) is 10.1. The van der Waals surface area contributed by atoms with Gasteiger partial charge in [-0.1, -0.05) is 19.8 Å². The van der Waals surface area contributed by atoms with Gasteiger partial charge in [-0.25, -0.2) is 0 Å². The highest BCUT2D eigenvalue weighted by Crippen LogP contribution is 2.35. The van der Waals surface area contributed by atoms with E-state index in [1.807, 2.05) is 12.1 Å². The lowest BCUT2D eigenvalue weighted by Crippen LogP contribution is -2.52. The van der Waals surface area contributed by atoms with Crippen LogP contribution in [0.25, 0.3) is 5.65 Å². The fourth-order valence-electron chi connectivity index (χ4n) is 3.36. The molecule has 0 bridgehead atoms. The summed E-state index contributed by atoms with van der Waals surface area (Å²) in [6.45, 7) is 3.24. The maximum absolute atomic E-state index is 4.38. The van der Waals surface area contributed by atoms with Crippen molar-refractivity contribution >= 4 is 11.5 Å². The molecule has 0 unspecified atom stereocenters. The molecule has 114 valence electrons. The lowest BCUT2D eigenvalue weighted by Gasteiger charge is -2.45. The summed E-state index contributed by atoms with van der Waals surface area (Å²) in [5.74, 6) is 1.59. The Morgan fingerprint density at radius 1 is 1.43 bits per heavy atom. The van der Waals surface area contributed by atoms with Crippen molar-refractivity contribution in [3.8, 4) is 0 Å². The zero-order valence-corrected chi connectivity index (χ0v) is 13.0. The van der Waals surface area contributed by atoms with E-state index in [9.17, 15) is 0 Å². The van der Waals surface area contributed by atoms with Gasteiger partial charge >= 0.3 is 0 Å². The first kappa shape index (κ1) is 14.2. The predicted octanol–water partition coefficient (Wildman–Crippen LogP) is 1.44. The van der Waals surface area contributed by atoms with Crippen LogP contribution in [0.3, 0.4) is 0 Å². The third-order valence-corrected chi connectivity index (χ3v) is 4.68. The average molecular weight is 289 g/mol. The van der Waals surface area contributed by atoms with Gasteiger partial charge in [-0.15, -0.1) is 14.8 Å². The summed E-state index contributed by atoms with van der Waals surface area (Å²) in [7, 11) is 4.36. The summed E-state index contributed by atoms with van der Waals surface area (Å²) in [4.78, 5) is 2.37. The maximum Gasteiger partial charge on any atom is 0.200 e. The average Bonchev–Trinajstić information content (AvgIpc) is 2.92. The topological polar surface area (TPSA) is 71.2 Å². The largest absolute Gasteiger partial charge is 0.367 e. The lowest BCUT2D eigenvalue weighted by molar-refractivity contribution is 0.0881. The molecule has 7 heteroatoms. The molecule has 1 fully saturated rings. The number of rotatable bonds is 4. The Morgan fingerprint density at radius 3 is 3.05 bits per heavy atom. The molecule has 0 spiro atoms. The molecular formula is C14H23N7. The van der Waals surface area contributed by atoms with E-state index in [1.165, 1.54) is 30.3 Å². The van der Waals surface area contributed by atoms with E-state index >= 15 is 0 Å². The standard InChI is InChI=1S/C14H23N7/c1-11-5-4-8-14(9-11,20(2)3)10-15-12-6-7-13-16-18-19-21(13)17-12/h6-7,11H,4-5,8-10H2,1-3H3,(H,15,17)/t11-,14-/m1/s1. The highest BCUT2D eigenvalue weighted by atomic mass is 15.6. The van der Waals surface area contributed by atoms with Crippen molar-refractivity contribution in [2.75, 3.05) is 26.0 Å². The third-order valence-electron chi connectivity index (χ3n) is 4.68. The Kier molecular flexibility index (Phi) is 3.75. The smallest absolute Gasteiger partial charge is 0.200 e. The molecule has 21 heavy (non-hydrogen) atoms. The molecule has 2 atom stereocenters. The minimum Gasteiger partial charge on any atom is -0.367 e. The van der Waals surface area contributed by atoms with Crippen LogP contribution < -0.4 is 5.32 Å². The SMILES string of the molecule is C[C@@H]1CCC[C@@](CNc2ccc3nnnn3n2)(N(C)C)C1. The first-order valence-corrected chi connectivity index (χ1v) is 7.56. The Morgan fingerprint density at radius 2 is 2.29 bits per heavy atom. The van der Waals surface area contributed by atoms with Gasteiger partial charge in [0.05, 0.1) is 0 Å². The molecule has 3 rings (SSSR count). The van der Waals surface area contributed by atoms with Crippen molar-refractivity contribution in [1.29, 1.82) is 0 Å². The summed E-state index contributed by atoms with van der Waals surface area (Å²) in [5, 5.41) is 19.2. The normalized spacial score (nSPS) is 26.4. The van der Waals surface area contributed by atoms with Gasteiger partial charge in [0.25, 0.3) is 0 Å². The van der Waals surface area contributed by atoms with E-state index in [2.05, 4.69) is 51.9 Å². The number of hydrogen-bond donors (Lipinski definition) is 1. The Balaban J connectivity index is 1.74. The van der Waals surface area contributed by atoms with E-state index in [1.54, 1.807) is 0 Å². The van der Waals surface area contributed by atoms with Crippen LogP contribution in [0, 0.1) is 5.92 Å². The van der Waals surface area contributed by atoms with Crippen LogP contribution in [-0.2, 0) is 0 Å². The summed E-state index contributed by atoms with van der Waals surface area (Å²) in [5.41, 5.74) is 0.865. The summed E-state index contributed by atoms with van der Waals surface area (Å²) in [6.07, 6.45) is 5.08. The van der Waals surface area contributed by atoms with Gasteiger partial charge in [-0.3, -0.25) is 0 Å². The number of likely N-dealkylation sites (N-methyl/N-ethyl adjacent to an activating group) is 1. The minimum absolute atomic E-state index is 0.203. The second kappa shape index (κ2) is 5.55. The highest BCUT2D eigenvalue weighted by Gasteiger charge is 2.36. The second-order valence-corrected chi connectivity index (χ2v) is 6.42. The van der Waals surface area contributed by atoms with Gasteiger partial charge in [-0.05, 0) is 55.4 Å². The number of fused-ring (bicyclic) bond motifs is 1. The molecular weight excluding hydrogens is 266 g/mol. The molecule has 0 saturated heterocycles. The molecule has 1 aliphatic rings. The molecule has 1 saturated carbocycles. The number of anilines is 1. The molecule has 2 aromatic rings. The molecule has 0 radical (unpaired) electrons. The third kappa shape index (κ3) is 2.83. The Hall–Kier alpha value is -1.76. The van der Waals surface area contributed by atoms with Crippen LogP contribution in [-0.4, -0.2) is 56.3 Å². The fraction of sp³-hybridized carbons (Fsp3) is 0.714. The van der Waals surface area contributed by atoms with Crippen LogP contribution in [0.5, 0.6) is 0 Å². The van der Waals surface area contributed by atoms with Gasteiger partial charge in [0.15, 0.2) is 5.65 Å². The Bertz CT molecular complexity index is 608. The molecule has 1 aliphatic carbocycles. The lowest BCUT2D eigenvalue weighted by atomic mass is 9.75. The molecule has 0 amide bonds. The number of hydrogen-bond acceptors (Lipinski definition) is 6. The number of aromatic nitrogens is 5. The minimum atomic E-state index is 0.203. The summed E-state index contributed by atoms with van der Waals surface area (Å²) in [6, 6.07) is 3.81. The molecule has 0 aromatic carbocycles. The predicted molar refractivity (Wildman–Crippen MR) is 81.1 cm³/mol. The van der Waals surface area contributed by atoms with E-state index in [0.717, 1.165) is 18.3 Å². The molecule has 2 aromatic heterocycles. The first-order valence-electron chi connectivity index (χ1n) is 7.56. The van der Waals surface area contributed by atoms with E-state index in [0.29, 0.717) is 5.65 Å². The molecule has 1 N–H and O–H groups in total. The highest BCUT2D eigenvalue weighted by molar-refractivity contribution is 5.42. The van der Waals surface area contributed by atoms with Crippen LogP contribution in [0.1, 0.15) is 32.6 Å². The van der Waals surface area contributed by atoms with Crippen molar-refractivity contribution in [3.05, 3.63) is 12.1 Å². The monoisotopic (exact) mass is 289 g/mol. The van der Waals surface area contributed by atoms with Gasteiger partial charge in [0.1, 0.15) is 5.82 Å². The van der Waals surface area contributed by atoms with Crippen molar-refractivity contribution in [2.24, 2.45) is 5.92 Å². The van der Waals surface area contributed by atoms with Gasteiger partial charge in [0, 0.05) is 12.1 Å². The van der Waals surface area contributed by atoms with Crippen molar-refractivity contribution in [1.82, 2.24) is 30.2 Å². The van der Waals surface area contributed by atoms with E-state index < -0.39 is 0 Å². The van der Waals surface area contributed by atoms with E-state index in [-0.39, 0.29) is 5.54 Å². The summed E-state index contributed by atoms with van der Waals surface area (Å²) >= 11 is 0. The van der Waals surface area contributed by atoms with Crippen LogP contribution in [0.15, 0.2) is 12.1 Å². The number of nitrogens with zero attached hydrogens (tertiary/aromatic N) is 6. The number of nitrogens with one attached hydrogen (secondary N) is 1. The van der Waals surface area contributed by atoms with Gasteiger partial charge in [0.2, 0.25) is 0 Å². The Labute approximate surface area is 124 Å². The van der Waals surface area contributed by atoms with E-state index in [4.69, 9.17) is 0 Å². The van der Waals surface area contributed by atoms with Crippen LogP contribution in [0.2, 0.25) is 0 Å².